The molecule has 0 spiro atoms. The van der Waals surface area contributed by atoms with Gasteiger partial charge >= 0.3 is 0 Å². The first kappa shape index (κ1) is 25.3. The standard InChI is InChI=1S/C34H30FN3O3/c35-23-10-14-25(15-11-23)41-26-16-12-24(13-17-26)36-34(40)30-19-22(18-21-6-2-1-3-7-21)33-32-28(20-31(39)38(30)33)27-8-4-5-9-29(27)37-32/h1-17,22,28,30,32-33,37H,18-20H2,(H,36,40)/t22-,28?,30+,32?,33?/m1/s1. The summed E-state index contributed by atoms with van der Waals surface area (Å²) in [7, 11) is 0. The highest BCUT2D eigenvalue weighted by Gasteiger charge is 2.56. The zero-order chi connectivity index (χ0) is 27.9. The maximum absolute atomic E-state index is 13.7. The molecule has 7 heteroatoms. The molecule has 3 heterocycles. The Labute approximate surface area is 238 Å². The van der Waals surface area contributed by atoms with Gasteiger partial charge in [0.1, 0.15) is 23.4 Å². The smallest absolute Gasteiger partial charge is 0.247 e. The van der Waals surface area contributed by atoms with E-state index in [2.05, 4.69) is 34.9 Å². The van der Waals surface area contributed by atoms with E-state index in [0.717, 1.165) is 12.1 Å². The molecule has 3 aliphatic rings. The number of nitrogens with zero attached hydrogens (tertiary/aromatic N) is 1. The third kappa shape index (κ3) is 4.82. The molecule has 2 N–H and O–H groups in total. The lowest BCUT2D eigenvalue weighted by Crippen LogP contribution is -2.58. The molecule has 0 saturated carbocycles. The second-order valence-electron chi connectivity index (χ2n) is 11.1. The van der Waals surface area contributed by atoms with Gasteiger partial charge in [0.2, 0.25) is 11.8 Å². The van der Waals surface area contributed by atoms with Gasteiger partial charge in [-0.25, -0.2) is 4.39 Å². The Morgan fingerprint density at radius 1 is 0.902 bits per heavy atom. The zero-order valence-corrected chi connectivity index (χ0v) is 22.4. The topological polar surface area (TPSA) is 70.7 Å². The molecular formula is C34H30FN3O3. The SMILES string of the molecule is O=C(Nc1ccc(Oc2ccc(F)cc2)cc1)[C@@H]1C[C@@H](Cc2ccccc2)C2C3Nc4ccccc4C3CC(=O)N21. The number of fused-ring (bicyclic) bond motifs is 5. The van der Waals surface area contributed by atoms with Crippen LogP contribution in [0.3, 0.4) is 0 Å². The van der Waals surface area contributed by atoms with Crippen LogP contribution in [0.4, 0.5) is 15.8 Å². The second kappa shape index (κ2) is 10.4. The normalized spacial score (nSPS) is 24.2. The number of hydrogen-bond acceptors (Lipinski definition) is 4. The number of para-hydroxylation sites is 1. The molecule has 2 amide bonds. The van der Waals surface area contributed by atoms with Crippen LogP contribution in [0.5, 0.6) is 11.5 Å². The number of carbonyl (C=O) groups excluding carboxylic acids is 2. The first-order valence-electron chi connectivity index (χ1n) is 14.1. The van der Waals surface area contributed by atoms with E-state index in [1.807, 2.05) is 35.2 Å². The molecule has 4 aromatic rings. The number of carbonyl (C=O) groups is 2. The molecule has 0 aliphatic carbocycles. The fourth-order valence-electron chi connectivity index (χ4n) is 6.89. The Morgan fingerprint density at radius 2 is 1.59 bits per heavy atom. The molecule has 2 saturated heterocycles. The van der Waals surface area contributed by atoms with Crippen molar-refractivity contribution in [3.8, 4) is 11.5 Å². The summed E-state index contributed by atoms with van der Waals surface area (Å²) in [5.41, 5.74) is 4.12. The van der Waals surface area contributed by atoms with Crippen LogP contribution in [0.1, 0.15) is 29.9 Å². The summed E-state index contributed by atoms with van der Waals surface area (Å²) in [5.74, 6) is 0.865. The Hall–Kier alpha value is -4.65. The van der Waals surface area contributed by atoms with Gasteiger partial charge in [-0.15, -0.1) is 0 Å². The number of piperidine rings is 1. The van der Waals surface area contributed by atoms with Crippen LogP contribution in [-0.2, 0) is 16.0 Å². The molecule has 2 fully saturated rings. The van der Waals surface area contributed by atoms with Gasteiger partial charge in [0, 0.05) is 23.7 Å². The van der Waals surface area contributed by atoms with Crippen LogP contribution in [0.25, 0.3) is 0 Å². The summed E-state index contributed by atoms with van der Waals surface area (Å²) in [6.07, 6.45) is 1.79. The maximum Gasteiger partial charge on any atom is 0.247 e. The number of ether oxygens (including phenoxy) is 1. The molecule has 6 nitrogen and oxygen atoms in total. The summed E-state index contributed by atoms with van der Waals surface area (Å²) in [6.45, 7) is 0. The van der Waals surface area contributed by atoms with E-state index in [1.165, 1.54) is 23.3 Å². The second-order valence-corrected chi connectivity index (χ2v) is 11.1. The minimum atomic E-state index is -0.553. The van der Waals surface area contributed by atoms with E-state index in [-0.39, 0.29) is 41.6 Å². The van der Waals surface area contributed by atoms with Gasteiger partial charge in [-0.1, -0.05) is 48.5 Å². The van der Waals surface area contributed by atoms with Crippen molar-refractivity contribution in [3.05, 3.63) is 120 Å². The summed E-state index contributed by atoms with van der Waals surface area (Å²) in [6, 6.07) is 30.8. The van der Waals surface area contributed by atoms with Crippen LogP contribution in [0.2, 0.25) is 0 Å². The third-order valence-electron chi connectivity index (χ3n) is 8.65. The largest absolute Gasteiger partial charge is 0.457 e. The van der Waals surface area contributed by atoms with E-state index >= 15 is 0 Å². The van der Waals surface area contributed by atoms with Crippen LogP contribution in [-0.4, -0.2) is 34.8 Å². The first-order valence-corrected chi connectivity index (χ1v) is 14.1. The van der Waals surface area contributed by atoms with E-state index in [4.69, 9.17) is 4.74 Å². The molecule has 4 aromatic carbocycles. The van der Waals surface area contributed by atoms with Crippen LogP contribution >= 0.6 is 0 Å². The number of nitrogens with one attached hydrogen (secondary N) is 2. The van der Waals surface area contributed by atoms with Gasteiger partial charge < -0.3 is 20.3 Å². The highest BCUT2D eigenvalue weighted by atomic mass is 19.1. The highest BCUT2D eigenvalue weighted by Crippen LogP contribution is 2.49. The average Bonchev–Trinajstić information content (AvgIpc) is 3.55. The van der Waals surface area contributed by atoms with Crippen LogP contribution < -0.4 is 15.4 Å². The number of anilines is 2. The molecule has 0 radical (unpaired) electrons. The zero-order valence-electron chi connectivity index (χ0n) is 22.4. The average molecular weight is 548 g/mol. The van der Waals surface area contributed by atoms with E-state index in [1.54, 1.807) is 36.4 Å². The van der Waals surface area contributed by atoms with Gasteiger partial charge in [-0.3, -0.25) is 9.59 Å². The van der Waals surface area contributed by atoms with Crippen molar-refractivity contribution >= 4 is 23.2 Å². The fourth-order valence-corrected chi connectivity index (χ4v) is 6.89. The molecular weight excluding hydrogens is 517 g/mol. The Morgan fingerprint density at radius 3 is 2.34 bits per heavy atom. The first-order chi connectivity index (χ1) is 20.0. The predicted molar refractivity (Wildman–Crippen MR) is 155 cm³/mol. The summed E-state index contributed by atoms with van der Waals surface area (Å²) >= 11 is 0. The number of rotatable bonds is 6. The number of hydrogen-bond donors (Lipinski definition) is 2. The van der Waals surface area contributed by atoms with E-state index in [0.29, 0.717) is 30.0 Å². The molecule has 0 aromatic heterocycles. The van der Waals surface area contributed by atoms with E-state index in [9.17, 15) is 14.0 Å². The van der Waals surface area contributed by atoms with Gasteiger partial charge in [0.25, 0.3) is 0 Å². The number of amides is 2. The van der Waals surface area contributed by atoms with Crippen LogP contribution in [0.15, 0.2) is 103 Å². The summed E-state index contributed by atoms with van der Waals surface area (Å²) in [4.78, 5) is 29.3. The fraction of sp³-hybridized carbons (Fsp3) is 0.235. The van der Waals surface area contributed by atoms with Crippen LogP contribution in [0, 0.1) is 11.7 Å². The monoisotopic (exact) mass is 547 g/mol. The summed E-state index contributed by atoms with van der Waals surface area (Å²) in [5, 5.41) is 6.76. The number of halogens is 1. The van der Waals surface area contributed by atoms with Crippen molar-refractivity contribution in [1.29, 1.82) is 0 Å². The number of benzene rings is 4. The molecule has 7 rings (SSSR count). The lowest BCUT2D eigenvalue weighted by atomic mass is 9.78. The van der Waals surface area contributed by atoms with Crippen molar-refractivity contribution in [2.75, 3.05) is 10.6 Å². The highest BCUT2D eigenvalue weighted by molar-refractivity contribution is 5.98. The van der Waals surface area contributed by atoms with E-state index < -0.39 is 6.04 Å². The Bertz CT molecular complexity index is 1580. The molecule has 3 unspecified atom stereocenters. The van der Waals surface area contributed by atoms with Crippen molar-refractivity contribution in [2.24, 2.45) is 5.92 Å². The predicted octanol–water partition coefficient (Wildman–Crippen LogP) is 6.37. The quantitative estimate of drug-likeness (QED) is 0.295. The minimum Gasteiger partial charge on any atom is -0.457 e. The molecule has 206 valence electrons. The van der Waals surface area contributed by atoms with Crippen molar-refractivity contribution < 1.29 is 18.7 Å². The molecule has 0 bridgehead atoms. The minimum absolute atomic E-state index is 0.0357. The van der Waals surface area contributed by atoms with Gasteiger partial charge in [-0.05, 0) is 84.5 Å². The summed E-state index contributed by atoms with van der Waals surface area (Å²) < 4.78 is 19.0. The van der Waals surface area contributed by atoms with Crippen molar-refractivity contribution in [2.45, 2.75) is 43.3 Å². The molecule has 41 heavy (non-hydrogen) atoms. The van der Waals surface area contributed by atoms with Gasteiger partial charge in [0.15, 0.2) is 0 Å². The van der Waals surface area contributed by atoms with Gasteiger partial charge in [-0.2, -0.15) is 0 Å². The third-order valence-corrected chi connectivity index (χ3v) is 8.65. The molecule has 3 aliphatic heterocycles. The van der Waals surface area contributed by atoms with Gasteiger partial charge in [0.05, 0.1) is 12.1 Å². The Balaban J connectivity index is 1.12. The van der Waals surface area contributed by atoms with Crippen molar-refractivity contribution in [1.82, 2.24) is 4.90 Å². The lowest BCUT2D eigenvalue weighted by molar-refractivity contribution is -0.142. The lowest BCUT2D eigenvalue weighted by Gasteiger charge is -2.42. The van der Waals surface area contributed by atoms with Crippen molar-refractivity contribution in [3.63, 3.8) is 0 Å². The molecule has 5 atom stereocenters. The Kier molecular flexibility index (Phi) is 6.42. The maximum atomic E-state index is 13.7.